The van der Waals surface area contributed by atoms with E-state index >= 15 is 0 Å². The second-order valence-corrected chi connectivity index (χ2v) is 16.5. The minimum Gasteiger partial charge on any atom is -0.404 e. The first-order chi connectivity index (χ1) is 31.8. The van der Waals surface area contributed by atoms with E-state index in [1.165, 1.54) is 27.8 Å². The number of aryl methyl sites for hydroxylation is 3. The van der Waals surface area contributed by atoms with Crippen LogP contribution in [0.4, 0.5) is 5.69 Å². The summed E-state index contributed by atoms with van der Waals surface area (Å²) in [6, 6.07) is 26.7. The zero-order valence-electron chi connectivity index (χ0n) is 47.8. The highest BCUT2D eigenvalue weighted by molar-refractivity contribution is 6.10. The summed E-state index contributed by atoms with van der Waals surface area (Å²) in [6.45, 7) is 58.9. The molecule has 0 amide bonds. The Hall–Kier alpha value is -4.91. The first-order valence-corrected chi connectivity index (χ1v) is 25.2. The van der Waals surface area contributed by atoms with Gasteiger partial charge in [0, 0.05) is 29.4 Å². The van der Waals surface area contributed by atoms with Crippen molar-refractivity contribution in [3.05, 3.63) is 167 Å². The highest BCUT2D eigenvalue weighted by atomic mass is 16.7. The number of hydrogen-bond donors (Lipinski definition) is 0. The molecule has 0 N–H and O–H groups in total. The summed E-state index contributed by atoms with van der Waals surface area (Å²) in [4.78, 5) is 11.0. The van der Waals surface area contributed by atoms with Gasteiger partial charge in [0.15, 0.2) is 11.6 Å². The van der Waals surface area contributed by atoms with Crippen molar-refractivity contribution in [1.82, 2.24) is 15.0 Å². The molecule has 0 radical (unpaired) electrons. The van der Waals surface area contributed by atoms with E-state index in [2.05, 4.69) is 195 Å². The molecule has 378 valence electrons. The van der Waals surface area contributed by atoms with Gasteiger partial charge in [0.1, 0.15) is 6.67 Å². The van der Waals surface area contributed by atoms with E-state index in [-0.39, 0.29) is 6.04 Å². The van der Waals surface area contributed by atoms with E-state index in [9.17, 15) is 0 Å². The number of allylic oxidation sites excluding steroid dienone is 9. The molecule has 0 aromatic heterocycles. The molecule has 3 aromatic rings. The minimum absolute atomic E-state index is 0.230. The van der Waals surface area contributed by atoms with Gasteiger partial charge in [-0.2, -0.15) is 5.10 Å². The van der Waals surface area contributed by atoms with Gasteiger partial charge in [-0.25, -0.2) is 0 Å². The Morgan fingerprint density at radius 3 is 1.54 bits per heavy atom. The number of rotatable bonds is 14. The van der Waals surface area contributed by atoms with Crippen LogP contribution in [0.5, 0.6) is 5.75 Å². The first kappa shape index (κ1) is 68.7. The Morgan fingerprint density at radius 1 is 0.701 bits per heavy atom. The zero-order chi connectivity index (χ0) is 52.7. The molecule has 1 unspecified atom stereocenters. The quantitative estimate of drug-likeness (QED) is 0.0914. The molecule has 0 saturated heterocycles. The van der Waals surface area contributed by atoms with Gasteiger partial charge in [-0.05, 0) is 134 Å². The Bertz CT molecular complexity index is 1790. The molecule has 6 heteroatoms. The molecule has 1 heterocycles. The van der Waals surface area contributed by atoms with Crippen LogP contribution >= 0.6 is 0 Å². The Labute approximate surface area is 416 Å². The van der Waals surface area contributed by atoms with Crippen molar-refractivity contribution in [3.63, 3.8) is 0 Å². The van der Waals surface area contributed by atoms with Gasteiger partial charge < -0.3 is 9.74 Å². The second-order valence-electron chi connectivity index (χ2n) is 16.5. The van der Waals surface area contributed by atoms with Crippen molar-refractivity contribution in [3.8, 4) is 5.75 Å². The van der Waals surface area contributed by atoms with Crippen molar-refractivity contribution >= 4 is 11.5 Å². The first-order valence-electron chi connectivity index (χ1n) is 25.2. The van der Waals surface area contributed by atoms with Gasteiger partial charge >= 0.3 is 0 Å². The fourth-order valence-electron chi connectivity index (χ4n) is 6.23. The second kappa shape index (κ2) is 42.4. The Balaban J connectivity index is -0.000000421. The molecule has 1 atom stereocenters. The molecule has 0 spiro atoms. The molecule has 0 bridgehead atoms. The van der Waals surface area contributed by atoms with Gasteiger partial charge in [0.25, 0.3) is 0 Å². The summed E-state index contributed by atoms with van der Waals surface area (Å²) in [5.41, 5.74) is 9.70. The average Bonchev–Trinajstić information content (AvgIpc) is 3.75. The van der Waals surface area contributed by atoms with Crippen LogP contribution in [0.1, 0.15) is 168 Å². The average molecular weight is 923 g/mol. The lowest BCUT2D eigenvalue weighted by atomic mass is 10.1. The number of hydrazone groups is 1. The standard InChI is InChI=1S/C21H23N3.C19H34N2O.C7H12.C6H10.4C2H6/c1-3-4-7-12-18(2)24-17-23(20-15-10-6-11-16-20)21(22-24)19-13-8-5-9-14-19;1-13(2)20(14(3)4)12-21(15(5)6)22-19-17(8)10-16(7)11-18(19)9;1-6(2)5-7(3)4;1-4-5-6(2)3;4*1-2/h3-16,18H,17H2,1-2H3;10-11,13-15H,12H2,1-9H3;5H,1H2,2-4H3;4-5H,1H2,2-3H3;4*1-2H3/b4-3-,12-7-;;;;;;;. The maximum atomic E-state index is 6.31. The normalized spacial score (nSPS) is 11.6. The zero-order valence-corrected chi connectivity index (χ0v) is 47.8. The van der Waals surface area contributed by atoms with Gasteiger partial charge in [0.2, 0.25) is 0 Å². The third-order valence-electron chi connectivity index (χ3n) is 9.03. The summed E-state index contributed by atoms with van der Waals surface area (Å²) in [6.07, 6.45) is 14.1. The van der Waals surface area contributed by atoms with E-state index < -0.39 is 0 Å². The van der Waals surface area contributed by atoms with Crippen LogP contribution in [0, 0.1) is 20.8 Å². The number of hydrogen-bond acceptors (Lipinski definition) is 6. The molecule has 0 fully saturated rings. The molecule has 4 rings (SSSR count). The van der Waals surface area contributed by atoms with Crippen molar-refractivity contribution in [2.75, 3.05) is 18.2 Å². The summed E-state index contributed by atoms with van der Waals surface area (Å²) >= 11 is 0. The fourth-order valence-corrected chi connectivity index (χ4v) is 6.23. The van der Waals surface area contributed by atoms with E-state index in [1.54, 1.807) is 6.08 Å². The van der Waals surface area contributed by atoms with Gasteiger partial charge in [0.05, 0.1) is 12.7 Å². The number of anilines is 1. The van der Waals surface area contributed by atoms with Gasteiger partial charge in [-0.15, -0.1) is 5.06 Å². The van der Waals surface area contributed by atoms with Crippen LogP contribution in [-0.2, 0) is 0 Å². The lowest BCUT2D eigenvalue weighted by molar-refractivity contribution is -0.130. The number of nitrogens with zero attached hydrogens (tertiary/aromatic N) is 5. The molecule has 6 nitrogen and oxygen atoms in total. The number of benzene rings is 3. The van der Waals surface area contributed by atoms with Crippen LogP contribution in [0.2, 0.25) is 0 Å². The third-order valence-corrected chi connectivity index (χ3v) is 9.03. The molecular formula is C61H103N5O. The molecule has 0 saturated carbocycles. The van der Waals surface area contributed by atoms with Crippen LogP contribution in [0.15, 0.2) is 150 Å². The summed E-state index contributed by atoms with van der Waals surface area (Å²) in [5.74, 6) is 1.99. The van der Waals surface area contributed by atoms with E-state index in [4.69, 9.17) is 9.94 Å². The van der Waals surface area contributed by atoms with Gasteiger partial charge in [-0.3, -0.25) is 9.91 Å². The van der Waals surface area contributed by atoms with Crippen molar-refractivity contribution < 1.29 is 4.84 Å². The predicted octanol–water partition coefficient (Wildman–Crippen LogP) is 18.1. The molecule has 0 aliphatic carbocycles. The minimum atomic E-state index is 0.230. The lowest BCUT2D eigenvalue weighted by Crippen LogP contribution is -2.49. The smallest absolute Gasteiger partial charge is 0.162 e. The van der Waals surface area contributed by atoms with Crippen LogP contribution < -0.4 is 9.74 Å². The largest absolute Gasteiger partial charge is 0.404 e. The monoisotopic (exact) mass is 922 g/mol. The van der Waals surface area contributed by atoms with Crippen LogP contribution in [0.3, 0.4) is 0 Å². The Morgan fingerprint density at radius 2 is 1.18 bits per heavy atom. The van der Waals surface area contributed by atoms with E-state index in [0.717, 1.165) is 41.7 Å². The van der Waals surface area contributed by atoms with Crippen LogP contribution in [-0.4, -0.2) is 58.3 Å². The summed E-state index contributed by atoms with van der Waals surface area (Å²) in [5, 5.41) is 9.10. The SMILES string of the molecule is C/C=C\C=C/C(C)N1CN(c2ccccc2)C(c2ccccc2)=N1.C=C(C)C=C(C)C.C=CC=C(C)C.CC.CC.CC.CC.Cc1cc(C)c(ON(CN(C(C)C)C(C)C)C(C)C)c(C)c1. The van der Waals surface area contributed by atoms with Crippen molar-refractivity contribution in [2.45, 2.75) is 190 Å². The number of para-hydroxylation sites is 1. The van der Waals surface area contributed by atoms with E-state index in [1.807, 2.05) is 113 Å². The Kier molecular flexibility index (Phi) is 43.5. The summed E-state index contributed by atoms with van der Waals surface area (Å²) < 4.78 is 0. The third kappa shape index (κ3) is 30.9. The van der Waals surface area contributed by atoms with Crippen molar-refractivity contribution in [1.29, 1.82) is 0 Å². The molecule has 1 aliphatic heterocycles. The van der Waals surface area contributed by atoms with Crippen molar-refractivity contribution in [2.24, 2.45) is 5.10 Å². The molecular weight excluding hydrogens is 819 g/mol. The molecule has 67 heavy (non-hydrogen) atoms. The fraction of sp³-hybridized carbons (Fsp3) is 0.492. The van der Waals surface area contributed by atoms with Gasteiger partial charge in [-0.1, -0.05) is 194 Å². The maximum Gasteiger partial charge on any atom is 0.162 e. The number of amidine groups is 1. The van der Waals surface area contributed by atoms with E-state index in [0.29, 0.717) is 18.1 Å². The maximum absolute atomic E-state index is 6.31. The summed E-state index contributed by atoms with van der Waals surface area (Å²) in [7, 11) is 0. The molecule has 3 aromatic carbocycles. The lowest BCUT2D eigenvalue weighted by Gasteiger charge is -2.37. The predicted molar refractivity (Wildman–Crippen MR) is 307 cm³/mol. The number of hydroxylamine groups is 2. The highest BCUT2D eigenvalue weighted by Gasteiger charge is 2.27. The molecule has 1 aliphatic rings. The topological polar surface area (TPSA) is 34.6 Å². The highest BCUT2D eigenvalue weighted by Crippen LogP contribution is 2.27. The van der Waals surface area contributed by atoms with Crippen LogP contribution in [0.25, 0.3) is 0 Å².